The van der Waals surface area contributed by atoms with Gasteiger partial charge in [0.1, 0.15) is 5.52 Å². The lowest BCUT2D eigenvalue weighted by Crippen LogP contribution is -2.04. The first-order valence-corrected chi connectivity index (χ1v) is 8.05. The molecule has 1 atom stereocenters. The van der Waals surface area contributed by atoms with Crippen LogP contribution in [0.4, 0.5) is 0 Å². The van der Waals surface area contributed by atoms with E-state index in [1.165, 1.54) is 11.8 Å². The van der Waals surface area contributed by atoms with Crippen LogP contribution in [-0.4, -0.2) is 25.2 Å². The van der Waals surface area contributed by atoms with Crippen LogP contribution in [0.2, 0.25) is 0 Å². The number of tetrazole rings is 1. The molecule has 4 aromatic rings. The Kier molecular flexibility index (Phi) is 3.55. The monoisotopic (exact) mass is 323 g/mol. The number of hydrogen-bond acceptors (Lipinski definition) is 6. The van der Waals surface area contributed by atoms with Crippen LogP contribution in [0.15, 0.2) is 64.2 Å². The van der Waals surface area contributed by atoms with Crippen molar-refractivity contribution in [2.24, 2.45) is 0 Å². The molecule has 0 aliphatic heterocycles. The SMILES string of the molecule is CC(Sc1nc2ccccc2o1)c1nnnn1-c1ccccc1. The largest absolute Gasteiger partial charge is 0.431 e. The van der Waals surface area contributed by atoms with E-state index in [2.05, 4.69) is 20.5 Å². The maximum Gasteiger partial charge on any atom is 0.257 e. The second-order valence-electron chi connectivity index (χ2n) is 4.99. The van der Waals surface area contributed by atoms with Gasteiger partial charge in [-0.3, -0.25) is 0 Å². The van der Waals surface area contributed by atoms with Gasteiger partial charge in [-0.15, -0.1) is 5.10 Å². The third-order valence-electron chi connectivity index (χ3n) is 3.41. The standard InChI is InChI=1S/C16H13N5OS/c1-11(23-16-17-13-9-5-6-10-14(13)22-16)15-18-19-20-21(15)12-7-3-2-4-8-12/h2-11H,1H3. The molecule has 0 aliphatic rings. The molecule has 0 amide bonds. The number of thioether (sulfide) groups is 1. The smallest absolute Gasteiger partial charge is 0.257 e. The minimum atomic E-state index is -0.00160. The number of oxazole rings is 1. The van der Waals surface area contributed by atoms with Crippen molar-refractivity contribution in [1.29, 1.82) is 0 Å². The van der Waals surface area contributed by atoms with E-state index in [-0.39, 0.29) is 5.25 Å². The highest BCUT2D eigenvalue weighted by Crippen LogP contribution is 2.35. The Labute approximate surface area is 136 Å². The molecule has 0 saturated heterocycles. The van der Waals surface area contributed by atoms with E-state index in [4.69, 9.17) is 4.42 Å². The van der Waals surface area contributed by atoms with E-state index in [0.717, 1.165) is 22.6 Å². The number of nitrogens with zero attached hydrogens (tertiary/aromatic N) is 5. The Morgan fingerprint density at radius 2 is 1.83 bits per heavy atom. The van der Waals surface area contributed by atoms with Crippen LogP contribution < -0.4 is 0 Å². The Hall–Kier alpha value is -2.67. The third kappa shape index (κ3) is 2.70. The van der Waals surface area contributed by atoms with Gasteiger partial charge in [0, 0.05) is 0 Å². The van der Waals surface area contributed by atoms with Gasteiger partial charge in [-0.2, -0.15) is 4.68 Å². The third-order valence-corrected chi connectivity index (χ3v) is 4.35. The molecule has 0 radical (unpaired) electrons. The summed E-state index contributed by atoms with van der Waals surface area (Å²) in [5, 5.41) is 12.7. The average Bonchev–Trinajstić information content (AvgIpc) is 3.22. The Bertz CT molecular complexity index is 901. The molecule has 0 bridgehead atoms. The molecule has 23 heavy (non-hydrogen) atoms. The normalized spacial score (nSPS) is 12.6. The lowest BCUT2D eigenvalue weighted by Gasteiger charge is -2.08. The van der Waals surface area contributed by atoms with Crippen molar-refractivity contribution in [1.82, 2.24) is 25.2 Å². The van der Waals surface area contributed by atoms with Gasteiger partial charge in [0.05, 0.1) is 10.9 Å². The van der Waals surface area contributed by atoms with Crippen LogP contribution >= 0.6 is 11.8 Å². The minimum absolute atomic E-state index is 0.00160. The minimum Gasteiger partial charge on any atom is -0.431 e. The van der Waals surface area contributed by atoms with Gasteiger partial charge in [0.2, 0.25) is 0 Å². The summed E-state index contributed by atoms with van der Waals surface area (Å²) in [6.45, 7) is 2.03. The van der Waals surface area contributed by atoms with Crippen LogP contribution in [0, 0.1) is 0 Å². The van der Waals surface area contributed by atoms with E-state index in [9.17, 15) is 0 Å². The summed E-state index contributed by atoms with van der Waals surface area (Å²) in [5.74, 6) is 0.753. The number of aromatic nitrogens is 5. The van der Waals surface area contributed by atoms with E-state index in [1.54, 1.807) is 4.68 Å². The molecule has 4 rings (SSSR count). The molecule has 0 saturated carbocycles. The van der Waals surface area contributed by atoms with E-state index < -0.39 is 0 Å². The van der Waals surface area contributed by atoms with E-state index in [0.29, 0.717) is 5.22 Å². The summed E-state index contributed by atoms with van der Waals surface area (Å²) in [6, 6.07) is 17.5. The summed E-state index contributed by atoms with van der Waals surface area (Å²) in [6.07, 6.45) is 0. The summed E-state index contributed by atoms with van der Waals surface area (Å²) >= 11 is 1.49. The fourth-order valence-corrected chi connectivity index (χ4v) is 3.15. The summed E-state index contributed by atoms with van der Waals surface area (Å²) in [4.78, 5) is 4.48. The van der Waals surface area contributed by atoms with Crippen molar-refractivity contribution < 1.29 is 4.42 Å². The fraction of sp³-hybridized carbons (Fsp3) is 0.125. The molecule has 2 heterocycles. The van der Waals surface area contributed by atoms with Crippen LogP contribution in [0.3, 0.4) is 0 Å². The van der Waals surface area contributed by atoms with Crippen LogP contribution in [0.25, 0.3) is 16.8 Å². The van der Waals surface area contributed by atoms with Gasteiger partial charge in [-0.05, 0) is 41.6 Å². The molecule has 114 valence electrons. The second kappa shape index (κ2) is 5.85. The predicted octanol–water partition coefficient (Wildman–Crippen LogP) is 3.66. The van der Waals surface area contributed by atoms with E-state index >= 15 is 0 Å². The number of para-hydroxylation sites is 3. The highest BCUT2D eigenvalue weighted by Gasteiger charge is 2.19. The highest BCUT2D eigenvalue weighted by atomic mass is 32.2. The summed E-state index contributed by atoms with van der Waals surface area (Å²) in [5.41, 5.74) is 2.56. The Morgan fingerprint density at radius 3 is 2.65 bits per heavy atom. The first-order valence-electron chi connectivity index (χ1n) is 7.17. The molecule has 0 spiro atoms. The van der Waals surface area contributed by atoms with Gasteiger partial charge in [-0.1, -0.05) is 42.1 Å². The van der Waals surface area contributed by atoms with Gasteiger partial charge in [-0.25, -0.2) is 4.98 Å². The van der Waals surface area contributed by atoms with Gasteiger partial charge >= 0.3 is 0 Å². The zero-order chi connectivity index (χ0) is 15.6. The molecular formula is C16H13N5OS. The van der Waals surface area contributed by atoms with Gasteiger partial charge in [0.15, 0.2) is 11.4 Å². The molecule has 0 N–H and O–H groups in total. The lowest BCUT2D eigenvalue weighted by molar-refractivity contribution is 0.488. The van der Waals surface area contributed by atoms with Crippen molar-refractivity contribution >= 4 is 22.9 Å². The quantitative estimate of drug-likeness (QED) is 0.534. The van der Waals surface area contributed by atoms with Crippen molar-refractivity contribution in [3.8, 4) is 5.69 Å². The van der Waals surface area contributed by atoms with Crippen molar-refractivity contribution in [2.45, 2.75) is 17.4 Å². The first-order chi connectivity index (χ1) is 11.3. The number of hydrogen-bond donors (Lipinski definition) is 0. The number of rotatable bonds is 4. The lowest BCUT2D eigenvalue weighted by atomic mass is 10.3. The second-order valence-corrected chi connectivity index (χ2v) is 6.28. The molecule has 2 aromatic carbocycles. The van der Waals surface area contributed by atoms with Crippen LogP contribution in [0.5, 0.6) is 0 Å². The zero-order valence-electron chi connectivity index (χ0n) is 12.3. The maximum absolute atomic E-state index is 5.76. The predicted molar refractivity (Wildman–Crippen MR) is 87.4 cm³/mol. The molecule has 0 fully saturated rings. The Morgan fingerprint density at radius 1 is 1.04 bits per heavy atom. The van der Waals surface area contributed by atoms with E-state index in [1.807, 2.05) is 61.5 Å². The van der Waals surface area contributed by atoms with Crippen molar-refractivity contribution in [3.05, 3.63) is 60.4 Å². The number of benzene rings is 2. The molecular weight excluding hydrogens is 310 g/mol. The topological polar surface area (TPSA) is 69.6 Å². The maximum atomic E-state index is 5.76. The molecule has 0 aliphatic carbocycles. The molecule has 6 nitrogen and oxygen atoms in total. The van der Waals surface area contributed by atoms with Gasteiger partial charge in [0.25, 0.3) is 5.22 Å². The highest BCUT2D eigenvalue weighted by molar-refractivity contribution is 7.99. The first kappa shape index (κ1) is 14.0. The van der Waals surface area contributed by atoms with Crippen LogP contribution in [0.1, 0.15) is 18.0 Å². The van der Waals surface area contributed by atoms with Crippen LogP contribution in [-0.2, 0) is 0 Å². The van der Waals surface area contributed by atoms with Crippen molar-refractivity contribution in [2.75, 3.05) is 0 Å². The summed E-state index contributed by atoms with van der Waals surface area (Å²) < 4.78 is 7.49. The fourth-order valence-electron chi connectivity index (χ4n) is 2.31. The molecule has 7 heteroatoms. The van der Waals surface area contributed by atoms with Gasteiger partial charge < -0.3 is 4.42 Å². The molecule has 2 aromatic heterocycles. The average molecular weight is 323 g/mol. The summed E-state index contributed by atoms with van der Waals surface area (Å²) in [7, 11) is 0. The molecule has 1 unspecified atom stereocenters. The number of fused-ring (bicyclic) bond motifs is 1. The zero-order valence-corrected chi connectivity index (χ0v) is 13.1. The Balaban J connectivity index is 1.62. The van der Waals surface area contributed by atoms with Crippen molar-refractivity contribution in [3.63, 3.8) is 0 Å².